The predicted octanol–water partition coefficient (Wildman–Crippen LogP) is 5.61. The van der Waals surface area contributed by atoms with Crippen LogP contribution in [0.15, 0.2) is 77.7 Å². The second-order valence-electron chi connectivity index (χ2n) is 6.46. The highest BCUT2D eigenvalue weighted by molar-refractivity contribution is 7.98. The summed E-state index contributed by atoms with van der Waals surface area (Å²) in [5.41, 5.74) is 4.23. The average Bonchev–Trinajstić information content (AvgIpc) is 2.66. The van der Waals surface area contributed by atoms with Crippen LogP contribution in [0.5, 0.6) is 5.75 Å². The number of amides is 1. The van der Waals surface area contributed by atoms with Gasteiger partial charge in [0, 0.05) is 16.3 Å². The lowest BCUT2D eigenvalue weighted by atomic mass is 10.1. The first-order valence-corrected chi connectivity index (χ1v) is 9.85. The number of hydrogen-bond donors (Lipinski definition) is 1. The quantitative estimate of drug-likeness (QED) is 0.544. The molecular weight excluding hydrogens is 354 g/mol. The van der Waals surface area contributed by atoms with Crippen LogP contribution in [0.25, 0.3) is 0 Å². The first-order chi connectivity index (χ1) is 13.1. The lowest BCUT2D eigenvalue weighted by Crippen LogP contribution is -2.20. The average molecular weight is 378 g/mol. The molecule has 1 N–H and O–H groups in total. The Morgan fingerprint density at radius 1 is 0.926 bits per heavy atom. The number of ether oxygens (including phenoxy) is 1. The molecule has 27 heavy (non-hydrogen) atoms. The van der Waals surface area contributed by atoms with Crippen LogP contribution in [0, 0.1) is 13.8 Å². The van der Waals surface area contributed by atoms with E-state index in [1.807, 2.05) is 68.4 Å². The molecule has 0 atom stereocenters. The predicted molar refractivity (Wildman–Crippen MR) is 112 cm³/mol. The normalized spacial score (nSPS) is 10.4. The van der Waals surface area contributed by atoms with Crippen molar-refractivity contribution in [3.8, 4) is 5.75 Å². The van der Waals surface area contributed by atoms with Gasteiger partial charge in [0.15, 0.2) is 6.61 Å². The minimum atomic E-state index is -0.166. The third-order valence-electron chi connectivity index (χ3n) is 3.95. The molecule has 0 fully saturated rings. The third-order valence-corrected chi connectivity index (χ3v) is 5.03. The summed E-state index contributed by atoms with van der Waals surface area (Å²) >= 11 is 1.79. The number of hydrogen-bond acceptors (Lipinski definition) is 3. The molecule has 1 amide bonds. The first kappa shape index (κ1) is 19.1. The lowest BCUT2D eigenvalue weighted by Gasteiger charge is -2.09. The molecule has 138 valence electrons. The van der Waals surface area contributed by atoms with Crippen LogP contribution in [0.4, 0.5) is 5.69 Å². The standard InChI is InChI=1S/C23H23NO2S/c1-17-12-18(2)14-21(13-17)26-15-23(25)24-20-10-8-19(9-11-20)16-27-22-6-4-3-5-7-22/h3-14H,15-16H2,1-2H3,(H,24,25). The number of carbonyl (C=O) groups is 1. The van der Waals surface area contributed by atoms with E-state index < -0.39 is 0 Å². The fraction of sp³-hybridized carbons (Fsp3) is 0.174. The number of carbonyl (C=O) groups excluding carboxylic acids is 1. The van der Waals surface area contributed by atoms with E-state index in [0.717, 1.165) is 28.3 Å². The highest BCUT2D eigenvalue weighted by atomic mass is 32.2. The van der Waals surface area contributed by atoms with E-state index in [2.05, 4.69) is 23.5 Å². The molecule has 0 aliphatic heterocycles. The molecule has 0 aromatic heterocycles. The molecule has 0 aliphatic rings. The maximum Gasteiger partial charge on any atom is 0.262 e. The summed E-state index contributed by atoms with van der Waals surface area (Å²) in [4.78, 5) is 13.4. The Morgan fingerprint density at radius 3 is 2.26 bits per heavy atom. The molecular formula is C23H23NO2S. The van der Waals surface area contributed by atoms with Gasteiger partial charge in [-0.1, -0.05) is 36.4 Å². The fourth-order valence-corrected chi connectivity index (χ4v) is 3.61. The van der Waals surface area contributed by atoms with Gasteiger partial charge in [-0.2, -0.15) is 0 Å². The summed E-state index contributed by atoms with van der Waals surface area (Å²) in [5.74, 6) is 1.45. The van der Waals surface area contributed by atoms with E-state index in [1.165, 1.54) is 10.5 Å². The Labute approximate surface area is 164 Å². The fourth-order valence-electron chi connectivity index (χ4n) is 2.73. The Balaban J connectivity index is 1.48. The number of aryl methyl sites for hydroxylation is 2. The highest BCUT2D eigenvalue weighted by Crippen LogP contribution is 2.23. The molecule has 0 saturated heterocycles. The second-order valence-corrected chi connectivity index (χ2v) is 7.51. The maximum absolute atomic E-state index is 12.1. The van der Waals surface area contributed by atoms with Crippen LogP contribution in [-0.2, 0) is 10.5 Å². The van der Waals surface area contributed by atoms with E-state index in [0.29, 0.717) is 0 Å². The molecule has 3 rings (SSSR count). The molecule has 0 spiro atoms. The van der Waals surface area contributed by atoms with Crippen molar-refractivity contribution < 1.29 is 9.53 Å². The van der Waals surface area contributed by atoms with Crippen molar-refractivity contribution in [2.75, 3.05) is 11.9 Å². The number of rotatable bonds is 7. The van der Waals surface area contributed by atoms with Gasteiger partial charge in [-0.3, -0.25) is 4.79 Å². The summed E-state index contributed by atoms with van der Waals surface area (Å²) in [6.45, 7) is 4.02. The van der Waals surface area contributed by atoms with Crippen LogP contribution >= 0.6 is 11.8 Å². The molecule has 3 aromatic rings. The van der Waals surface area contributed by atoms with E-state index in [1.54, 1.807) is 11.8 Å². The Kier molecular flexibility index (Phi) is 6.55. The summed E-state index contributed by atoms with van der Waals surface area (Å²) in [7, 11) is 0. The minimum Gasteiger partial charge on any atom is -0.484 e. The van der Waals surface area contributed by atoms with E-state index in [4.69, 9.17) is 4.74 Å². The smallest absolute Gasteiger partial charge is 0.262 e. The van der Waals surface area contributed by atoms with Gasteiger partial charge in [-0.05, 0) is 66.9 Å². The van der Waals surface area contributed by atoms with Crippen LogP contribution in [-0.4, -0.2) is 12.5 Å². The zero-order valence-electron chi connectivity index (χ0n) is 15.6. The molecule has 0 radical (unpaired) electrons. The zero-order valence-corrected chi connectivity index (χ0v) is 16.4. The van der Waals surface area contributed by atoms with Gasteiger partial charge in [-0.25, -0.2) is 0 Å². The van der Waals surface area contributed by atoms with Crippen molar-refractivity contribution >= 4 is 23.4 Å². The van der Waals surface area contributed by atoms with Crippen molar-refractivity contribution in [2.45, 2.75) is 24.5 Å². The summed E-state index contributed by atoms with van der Waals surface area (Å²) < 4.78 is 5.60. The third kappa shape index (κ3) is 6.19. The second kappa shape index (κ2) is 9.28. The monoisotopic (exact) mass is 377 g/mol. The van der Waals surface area contributed by atoms with E-state index in [-0.39, 0.29) is 12.5 Å². The number of benzene rings is 3. The summed E-state index contributed by atoms with van der Waals surface area (Å²) in [5, 5.41) is 2.87. The van der Waals surface area contributed by atoms with Crippen molar-refractivity contribution in [1.29, 1.82) is 0 Å². The van der Waals surface area contributed by atoms with Crippen molar-refractivity contribution in [1.82, 2.24) is 0 Å². The van der Waals surface area contributed by atoms with Crippen LogP contribution in [0.1, 0.15) is 16.7 Å². The van der Waals surface area contributed by atoms with Gasteiger partial charge >= 0.3 is 0 Å². The molecule has 0 unspecified atom stereocenters. The number of anilines is 1. The first-order valence-electron chi connectivity index (χ1n) is 8.86. The molecule has 0 heterocycles. The number of nitrogens with one attached hydrogen (secondary N) is 1. The molecule has 0 aliphatic carbocycles. The highest BCUT2D eigenvalue weighted by Gasteiger charge is 2.05. The van der Waals surface area contributed by atoms with Crippen molar-refractivity contribution in [3.63, 3.8) is 0 Å². The van der Waals surface area contributed by atoms with Crippen LogP contribution in [0.2, 0.25) is 0 Å². The molecule has 3 aromatic carbocycles. The number of thioether (sulfide) groups is 1. The summed E-state index contributed by atoms with van der Waals surface area (Å²) in [6, 6.07) is 24.2. The van der Waals surface area contributed by atoms with E-state index >= 15 is 0 Å². The van der Waals surface area contributed by atoms with Gasteiger partial charge in [0.1, 0.15) is 5.75 Å². The zero-order chi connectivity index (χ0) is 19.1. The van der Waals surface area contributed by atoms with Crippen LogP contribution in [0.3, 0.4) is 0 Å². The Morgan fingerprint density at radius 2 is 1.59 bits per heavy atom. The van der Waals surface area contributed by atoms with Crippen molar-refractivity contribution in [2.24, 2.45) is 0 Å². The topological polar surface area (TPSA) is 38.3 Å². The molecule has 4 heteroatoms. The largest absolute Gasteiger partial charge is 0.484 e. The molecule has 3 nitrogen and oxygen atoms in total. The van der Waals surface area contributed by atoms with Gasteiger partial charge in [0.25, 0.3) is 5.91 Å². The molecule has 0 bridgehead atoms. The Hall–Kier alpha value is -2.72. The van der Waals surface area contributed by atoms with Gasteiger partial charge in [-0.15, -0.1) is 11.8 Å². The van der Waals surface area contributed by atoms with Gasteiger partial charge in [0.05, 0.1) is 0 Å². The summed E-state index contributed by atoms with van der Waals surface area (Å²) in [6.07, 6.45) is 0. The lowest BCUT2D eigenvalue weighted by molar-refractivity contribution is -0.118. The molecule has 0 saturated carbocycles. The van der Waals surface area contributed by atoms with Gasteiger partial charge < -0.3 is 10.1 Å². The Bertz CT molecular complexity index is 872. The SMILES string of the molecule is Cc1cc(C)cc(OCC(=O)Nc2ccc(CSc3ccccc3)cc2)c1. The minimum absolute atomic E-state index is 0.00545. The van der Waals surface area contributed by atoms with Gasteiger partial charge in [0.2, 0.25) is 0 Å². The van der Waals surface area contributed by atoms with Crippen LogP contribution < -0.4 is 10.1 Å². The maximum atomic E-state index is 12.1. The van der Waals surface area contributed by atoms with Crippen molar-refractivity contribution in [3.05, 3.63) is 89.5 Å². The van der Waals surface area contributed by atoms with E-state index in [9.17, 15) is 4.79 Å².